The topological polar surface area (TPSA) is 66.8 Å². The minimum atomic E-state index is -0.838. The third-order valence-electron chi connectivity index (χ3n) is 4.68. The smallest absolute Gasteiger partial charge is 0.311 e. The van der Waals surface area contributed by atoms with E-state index in [1.54, 1.807) is 18.9 Å². The van der Waals surface area contributed by atoms with Crippen LogP contribution in [0.5, 0.6) is 5.75 Å². The van der Waals surface area contributed by atoms with E-state index in [0.29, 0.717) is 19.4 Å². The highest BCUT2D eigenvalue weighted by atomic mass is 16.5. The van der Waals surface area contributed by atoms with E-state index < -0.39 is 16.8 Å². The van der Waals surface area contributed by atoms with Crippen LogP contribution < -0.4 is 4.74 Å². The first-order chi connectivity index (χ1) is 10.7. The highest BCUT2D eigenvalue weighted by Crippen LogP contribution is 2.35. The second-order valence-electron chi connectivity index (χ2n) is 7.22. The van der Waals surface area contributed by atoms with Crippen molar-refractivity contribution < 1.29 is 19.4 Å². The summed E-state index contributed by atoms with van der Waals surface area (Å²) in [4.78, 5) is 25.9. The van der Waals surface area contributed by atoms with Crippen molar-refractivity contribution in [3.05, 3.63) is 29.8 Å². The number of nitrogens with zero attached hydrogens (tertiary/aromatic N) is 1. The molecule has 5 heteroatoms. The number of para-hydroxylation sites is 1. The Morgan fingerprint density at radius 1 is 1.35 bits per heavy atom. The molecular formula is C18H25NO4. The minimum absolute atomic E-state index is 0.00613. The molecule has 0 aliphatic carbocycles. The van der Waals surface area contributed by atoms with Crippen LogP contribution in [0.25, 0.3) is 0 Å². The fraction of sp³-hybridized carbons (Fsp3) is 0.556. The SMILES string of the molecule is COc1ccccc1CC(C)(C)C(=O)N1CCC(C)(C(=O)O)C1. The summed E-state index contributed by atoms with van der Waals surface area (Å²) >= 11 is 0. The van der Waals surface area contributed by atoms with Gasteiger partial charge in [0.05, 0.1) is 12.5 Å². The van der Waals surface area contributed by atoms with Crippen LogP contribution in [0.3, 0.4) is 0 Å². The van der Waals surface area contributed by atoms with E-state index in [-0.39, 0.29) is 12.5 Å². The Bertz CT molecular complexity index is 611. The second kappa shape index (κ2) is 6.22. The minimum Gasteiger partial charge on any atom is -0.496 e. The third-order valence-corrected chi connectivity index (χ3v) is 4.68. The van der Waals surface area contributed by atoms with E-state index in [4.69, 9.17) is 4.74 Å². The summed E-state index contributed by atoms with van der Waals surface area (Å²) in [6.45, 7) is 6.28. The number of likely N-dealkylation sites (tertiary alicyclic amines) is 1. The van der Waals surface area contributed by atoms with E-state index in [0.717, 1.165) is 11.3 Å². The van der Waals surface area contributed by atoms with Gasteiger partial charge in [0.15, 0.2) is 0 Å². The molecule has 0 aromatic heterocycles. The number of carboxylic acid groups (broad SMARTS) is 1. The molecule has 1 aliphatic heterocycles. The number of benzene rings is 1. The van der Waals surface area contributed by atoms with E-state index in [9.17, 15) is 14.7 Å². The highest BCUT2D eigenvalue weighted by molar-refractivity contribution is 5.84. The Morgan fingerprint density at radius 3 is 2.57 bits per heavy atom. The molecule has 1 fully saturated rings. The van der Waals surface area contributed by atoms with Crippen molar-refractivity contribution in [1.29, 1.82) is 0 Å². The molecule has 0 radical (unpaired) electrons. The molecule has 5 nitrogen and oxygen atoms in total. The van der Waals surface area contributed by atoms with Gasteiger partial charge in [0.25, 0.3) is 0 Å². The fourth-order valence-electron chi connectivity index (χ4n) is 3.14. The molecule has 1 aliphatic rings. The Hall–Kier alpha value is -2.04. The summed E-state index contributed by atoms with van der Waals surface area (Å²) in [6, 6.07) is 7.66. The van der Waals surface area contributed by atoms with E-state index in [1.807, 2.05) is 38.1 Å². The van der Waals surface area contributed by atoms with Gasteiger partial charge in [-0.05, 0) is 31.4 Å². The zero-order chi connectivity index (χ0) is 17.3. The predicted molar refractivity (Wildman–Crippen MR) is 87.4 cm³/mol. The first kappa shape index (κ1) is 17.3. The maximum atomic E-state index is 12.9. The summed E-state index contributed by atoms with van der Waals surface area (Å²) in [5.41, 5.74) is -0.470. The summed E-state index contributed by atoms with van der Waals surface area (Å²) in [7, 11) is 1.62. The van der Waals surface area contributed by atoms with Crippen LogP contribution in [0.15, 0.2) is 24.3 Å². The van der Waals surface area contributed by atoms with Crippen LogP contribution in [0.4, 0.5) is 0 Å². The molecule has 1 aromatic carbocycles. The van der Waals surface area contributed by atoms with Gasteiger partial charge >= 0.3 is 5.97 Å². The van der Waals surface area contributed by atoms with Gasteiger partial charge in [-0.25, -0.2) is 0 Å². The maximum absolute atomic E-state index is 12.9. The van der Waals surface area contributed by atoms with Crippen molar-refractivity contribution in [2.24, 2.45) is 10.8 Å². The van der Waals surface area contributed by atoms with Gasteiger partial charge in [0.1, 0.15) is 5.75 Å². The Kier molecular flexibility index (Phi) is 4.68. The molecule has 1 heterocycles. The summed E-state index contributed by atoms with van der Waals surface area (Å²) in [5.74, 6) is -0.0751. The highest BCUT2D eigenvalue weighted by Gasteiger charge is 2.45. The fourth-order valence-corrected chi connectivity index (χ4v) is 3.14. The number of carbonyl (C=O) groups excluding carboxylic acids is 1. The van der Waals surface area contributed by atoms with Crippen molar-refractivity contribution in [3.8, 4) is 5.75 Å². The maximum Gasteiger partial charge on any atom is 0.311 e. The van der Waals surface area contributed by atoms with Crippen molar-refractivity contribution in [3.63, 3.8) is 0 Å². The summed E-state index contributed by atoms with van der Waals surface area (Å²) in [6.07, 6.45) is 1.05. The molecule has 1 saturated heterocycles. The van der Waals surface area contributed by atoms with Gasteiger partial charge in [-0.15, -0.1) is 0 Å². The van der Waals surface area contributed by atoms with Gasteiger partial charge in [0, 0.05) is 18.5 Å². The average Bonchev–Trinajstić information content (AvgIpc) is 2.90. The van der Waals surface area contributed by atoms with Crippen LogP contribution >= 0.6 is 0 Å². The monoisotopic (exact) mass is 319 g/mol. The standard InChI is InChI=1S/C18H25NO4/c1-17(2,11-13-7-5-6-8-14(13)23-4)15(20)19-10-9-18(3,12-19)16(21)22/h5-8H,9-12H2,1-4H3,(H,21,22). The lowest BCUT2D eigenvalue weighted by Gasteiger charge is -2.30. The van der Waals surface area contributed by atoms with Gasteiger partial charge < -0.3 is 14.7 Å². The third kappa shape index (κ3) is 3.49. The van der Waals surface area contributed by atoms with Gasteiger partial charge in [-0.1, -0.05) is 32.0 Å². The normalized spacial score (nSPS) is 21.3. The van der Waals surface area contributed by atoms with Crippen LogP contribution in [-0.4, -0.2) is 42.1 Å². The number of aliphatic carboxylic acids is 1. The molecule has 0 spiro atoms. The Labute approximate surface area is 137 Å². The molecule has 0 bridgehead atoms. The molecule has 1 aromatic rings. The molecule has 1 atom stereocenters. The van der Waals surface area contributed by atoms with Gasteiger partial charge in [-0.2, -0.15) is 0 Å². The zero-order valence-electron chi connectivity index (χ0n) is 14.3. The van der Waals surface area contributed by atoms with Gasteiger partial charge in [0.2, 0.25) is 5.91 Å². The van der Waals surface area contributed by atoms with E-state index >= 15 is 0 Å². The zero-order valence-corrected chi connectivity index (χ0v) is 14.3. The molecule has 126 valence electrons. The van der Waals surface area contributed by atoms with Crippen molar-refractivity contribution >= 4 is 11.9 Å². The average molecular weight is 319 g/mol. The number of amides is 1. The number of rotatable bonds is 5. The lowest BCUT2D eigenvalue weighted by molar-refractivity contribution is -0.148. The number of carbonyl (C=O) groups is 2. The predicted octanol–water partition coefficient (Wildman–Crippen LogP) is 2.59. The number of hydrogen-bond donors (Lipinski definition) is 1. The molecule has 1 amide bonds. The summed E-state index contributed by atoms with van der Waals surface area (Å²) in [5, 5.41) is 9.32. The molecule has 1 N–H and O–H groups in total. The summed E-state index contributed by atoms with van der Waals surface area (Å²) < 4.78 is 5.36. The quantitative estimate of drug-likeness (QED) is 0.906. The molecule has 1 unspecified atom stereocenters. The molecular weight excluding hydrogens is 294 g/mol. The number of methoxy groups -OCH3 is 1. The van der Waals surface area contributed by atoms with Crippen molar-refractivity contribution in [2.75, 3.05) is 20.2 Å². The first-order valence-corrected chi connectivity index (χ1v) is 7.84. The van der Waals surface area contributed by atoms with Crippen LogP contribution in [0, 0.1) is 10.8 Å². The second-order valence-corrected chi connectivity index (χ2v) is 7.22. The first-order valence-electron chi connectivity index (χ1n) is 7.84. The Balaban J connectivity index is 2.13. The Morgan fingerprint density at radius 2 is 2.00 bits per heavy atom. The van der Waals surface area contributed by atoms with E-state index in [1.165, 1.54) is 0 Å². The number of hydrogen-bond acceptors (Lipinski definition) is 3. The van der Waals surface area contributed by atoms with Gasteiger partial charge in [-0.3, -0.25) is 9.59 Å². The largest absolute Gasteiger partial charge is 0.496 e. The number of ether oxygens (including phenoxy) is 1. The molecule has 23 heavy (non-hydrogen) atoms. The lowest BCUT2D eigenvalue weighted by atomic mass is 9.83. The molecule has 2 rings (SSSR count). The van der Waals surface area contributed by atoms with Crippen LogP contribution in [0.1, 0.15) is 32.8 Å². The van der Waals surface area contributed by atoms with Crippen molar-refractivity contribution in [1.82, 2.24) is 4.90 Å². The number of carboxylic acids is 1. The van der Waals surface area contributed by atoms with Crippen molar-refractivity contribution in [2.45, 2.75) is 33.6 Å². The van der Waals surface area contributed by atoms with Crippen LogP contribution in [-0.2, 0) is 16.0 Å². The van der Waals surface area contributed by atoms with Crippen LogP contribution in [0.2, 0.25) is 0 Å². The molecule has 0 saturated carbocycles. The lowest BCUT2D eigenvalue weighted by Crippen LogP contribution is -2.42. The van der Waals surface area contributed by atoms with E-state index in [2.05, 4.69) is 0 Å².